The van der Waals surface area contributed by atoms with Crippen molar-refractivity contribution in [3.8, 4) is 0 Å². The summed E-state index contributed by atoms with van der Waals surface area (Å²) in [5.41, 5.74) is -0.566. The van der Waals surface area contributed by atoms with Gasteiger partial charge in [0.1, 0.15) is 0 Å². The Morgan fingerprint density at radius 2 is 1.13 bits per heavy atom. The second-order valence-electron chi connectivity index (χ2n) is 10.4. The molecule has 0 saturated heterocycles. The molecule has 1 atom stereocenters. The number of carbonyl (C=O) groups is 2. The molecule has 0 saturated carbocycles. The van der Waals surface area contributed by atoms with Gasteiger partial charge in [-0.1, -0.05) is 98.8 Å². The summed E-state index contributed by atoms with van der Waals surface area (Å²) in [5, 5.41) is 18.7. The van der Waals surface area contributed by atoms with Crippen molar-refractivity contribution in [2.45, 2.75) is 131 Å². The average molecular weight is 427 g/mol. The lowest BCUT2D eigenvalue weighted by Crippen LogP contribution is -2.36. The predicted octanol–water partition coefficient (Wildman–Crippen LogP) is 7.94. The number of hydrogen-bond acceptors (Lipinski definition) is 2. The molecule has 0 aromatic carbocycles. The van der Waals surface area contributed by atoms with Crippen molar-refractivity contribution >= 4 is 11.9 Å². The van der Waals surface area contributed by atoms with Crippen LogP contribution in [0.25, 0.3) is 0 Å². The quantitative estimate of drug-likeness (QED) is 0.194. The maximum Gasteiger partial charge on any atom is 0.309 e. The summed E-state index contributed by atoms with van der Waals surface area (Å²) in [5.74, 6) is 0.0388. The summed E-state index contributed by atoms with van der Waals surface area (Å²) in [6.07, 6.45) is 15.3. The van der Waals surface area contributed by atoms with Gasteiger partial charge in [-0.2, -0.15) is 0 Å². The van der Waals surface area contributed by atoms with Crippen molar-refractivity contribution in [3.63, 3.8) is 0 Å². The van der Waals surface area contributed by atoms with E-state index in [1.54, 1.807) is 0 Å². The van der Waals surface area contributed by atoms with Gasteiger partial charge in [0.05, 0.1) is 5.41 Å². The molecule has 0 rings (SSSR count). The minimum absolute atomic E-state index is 0.302. The van der Waals surface area contributed by atoms with Crippen LogP contribution in [0.15, 0.2) is 0 Å². The van der Waals surface area contributed by atoms with E-state index in [2.05, 4.69) is 34.6 Å². The summed E-state index contributed by atoms with van der Waals surface area (Å²) < 4.78 is 0. The lowest BCUT2D eigenvalue weighted by Gasteiger charge is -2.36. The Labute approximate surface area is 186 Å². The number of rotatable bonds is 20. The van der Waals surface area contributed by atoms with E-state index in [1.807, 2.05) is 0 Å². The first-order chi connectivity index (χ1) is 14.1. The molecule has 0 aromatic heterocycles. The summed E-state index contributed by atoms with van der Waals surface area (Å²) >= 11 is 0. The SMILES string of the molecule is CCC(CCCCCCCCCCCC(=O)O)CC(CC(C)C)(CC(C)C)C(=O)O. The molecule has 0 aliphatic heterocycles. The van der Waals surface area contributed by atoms with Gasteiger partial charge in [0.25, 0.3) is 0 Å². The van der Waals surface area contributed by atoms with Crippen LogP contribution in [-0.2, 0) is 9.59 Å². The largest absolute Gasteiger partial charge is 0.481 e. The molecule has 1 unspecified atom stereocenters. The molecule has 178 valence electrons. The Kier molecular flexibility index (Phi) is 16.0. The van der Waals surface area contributed by atoms with E-state index in [9.17, 15) is 14.7 Å². The Balaban J connectivity index is 4.22. The lowest BCUT2D eigenvalue weighted by atomic mass is 9.68. The van der Waals surface area contributed by atoms with Gasteiger partial charge in [-0.25, -0.2) is 0 Å². The highest BCUT2D eigenvalue weighted by atomic mass is 16.4. The van der Waals surface area contributed by atoms with Crippen molar-refractivity contribution < 1.29 is 19.8 Å². The molecule has 0 aliphatic carbocycles. The van der Waals surface area contributed by atoms with E-state index >= 15 is 0 Å². The summed E-state index contributed by atoms with van der Waals surface area (Å²) in [4.78, 5) is 22.8. The zero-order valence-corrected chi connectivity index (χ0v) is 20.5. The molecule has 30 heavy (non-hydrogen) atoms. The van der Waals surface area contributed by atoms with Crippen LogP contribution < -0.4 is 0 Å². The molecule has 0 spiro atoms. The lowest BCUT2D eigenvalue weighted by molar-refractivity contribution is -0.153. The number of hydrogen-bond donors (Lipinski definition) is 2. The van der Waals surface area contributed by atoms with Crippen molar-refractivity contribution in [1.82, 2.24) is 0 Å². The van der Waals surface area contributed by atoms with Crippen LogP contribution in [0.5, 0.6) is 0 Å². The maximum atomic E-state index is 12.3. The smallest absolute Gasteiger partial charge is 0.309 e. The van der Waals surface area contributed by atoms with Gasteiger partial charge in [-0.3, -0.25) is 9.59 Å². The minimum atomic E-state index is -0.686. The molecular formula is C26H50O4. The first kappa shape index (κ1) is 28.9. The van der Waals surface area contributed by atoms with Crippen molar-refractivity contribution in [2.75, 3.05) is 0 Å². The first-order valence-corrected chi connectivity index (χ1v) is 12.6. The van der Waals surface area contributed by atoms with E-state index < -0.39 is 17.4 Å². The highest BCUT2D eigenvalue weighted by Gasteiger charge is 2.40. The Morgan fingerprint density at radius 3 is 1.50 bits per heavy atom. The van der Waals surface area contributed by atoms with E-state index in [4.69, 9.17) is 5.11 Å². The van der Waals surface area contributed by atoms with Gasteiger partial charge in [0.15, 0.2) is 0 Å². The van der Waals surface area contributed by atoms with Gasteiger partial charge >= 0.3 is 11.9 Å². The second-order valence-corrected chi connectivity index (χ2v) is 10.4. The van der Waals surface area contributed by atoms with Crippen LogP contribution in [0.4, 0.5) is 0 Å². The fourth-order valence-electron chi connectivity index (χ4n) is 5.02. The molecular weight excluding hydrogens is 376 g/mol. The molecule has 0 aliphatic rings. The van der Waals surface area contributed by atoms with Gasteiger partial charge in [0.2, 0.25) is 0 Å². The monoisotopic (exact) mass is 426 g/mol. The number of aliphatic carboxylic acids is 2. The zero-order chi connectivity index (χ0) is 23.0. The minimum Gasteiger partial charge on any atom is -0.481 e. The molecule has 0 amide bonds. The first-order valence-electron chi connectivity index (χ1n) is 12.6. The fourth-order valence-corrected chi connectivity index (χ4v) is 5.02. The highest BCUT2D eigenvalue weighted by molar-refractivity contribution is 5.74. The number of carboxylic acids is 2. The van der Waals surface area contributed by atoms with Crippen molar-refractivity contribution in [1.29, 1.82) is 0 Å². The third-order valence-corrected chi connectivity index (χ3v) is 6.31. The molecule has 2 N–H and O–H groups in total. The molecule has 0 bridgehead atoms. The highest BCUT2D eigenvalue weighted by Crippen LogP contribution is 2.42. The predicted molar refractivity (Wildman–Crippen MR) is 126 cm³/mol. The van der Waals surface area contributed by atoms with Gasteiger partial charge in [0, 0.05) is 6.42 Å². The zero-order valence-electron chi connectivity index (χ0n) is 20.5. The Morgan fingerprint density at radius 1 is 0.700 bits per heavy atom. The average Bonchev–Trinajstić information content (AvgIpc) is 2.63. The molecule has 0 aromatic rings. The van der Waals surface area contributed by atoms with E-state index in [1.165, 1.54) is 38.5 Å². The van der Waals surface area contributed by atoms with E-state index in [0.29, 0.717) is 24.2 Å². The van der Waals surface area contributed by atoms with Gasteiger partial charge in [-0.15, -0.1) is 0 Å². The van der Waals surface area contributed by atoms with Crippen LogP contribution in [0.3, 0.4) is 0 Å². The van der Waals surface area contributed by atoms with Gasteiger partial charge in [-0.05, 0) is 43.4 Å². The standard InChI is InChI=1S/C26H50O4/c1-6-23(20-26(25(29)30,18-21(2)3)19-22(4)5)16-14-12-10-8-7-9-11-13-15-17-24(27)28/h21-23H,6-20H2,1-5H3,(H,27,28)(H,29,30). The summed E-state index contributed by atoms with van der Waals surface area (Å²) in [7, 11) is 0. The normalized spacial score (nSPS) is 13.2. The molecule has 0 radical (unpaired) electrons. The summed E-state index contributed by atoms with van der Waals surface area (Å²) in [6.45, 7) is 10.8. The van der Waals surface area contributed by atoms with Crippen LogP contribution in [0, 0.1) is 23.2 Å². The molecule has 4 heteroatoms. The maximum absolute atomic E-state index is 12.3. The second kappa shape index (κ2) is 16.6. The van der Waals surface area contributed by atoms with E-state index in [-0.39, 0.29) is 0 Å². The number of carboxylic acid groups (broad SMARTS) is 2. The van der Waals surface area contributed by atoms with Crippen LogP contribution in [0.1, 0.15) is 131 Å². The number of unbranched alkanes of at least 4 members (excludes halogenated alkanes) is 8. The van der Waals surface area contributed by atoms with Crippen LogP contribution in [-0.4, -0.2) is 22.2 Å². The fraction of sp³-hybridized carbons (Fsp3) is 0.923. The van der Waals surface area contributed by atoms with Crippen LogP contribution in [0.2, 0.25) is 0 Å². The van der Waals surface area contributed by atoms with Crippen LogP contribution >= 0.6 is 0 Å². The molecule has 4 nitrogen and oxygen atoms in total. The topological polar surface area (TPSA) is 74.6 Å². The third kappa shape index (κ3) is 14.0. The Hall–Kier alpha value is -1.06. The Bertz CT molecular complexity index is 446. The van der Waals surface area contributed by atoms with Gasteiger partial charge < -0.3 is 10.2 Å². The third-order valence-electron chi connectivity index (χ3n) is 6.31. The van der Waals surface area contributed by atoms with E-state index in [0.717, 1.165) is 51.4 Å². The molecule has 0 heterocycles. The van der Waals surface area contributed by atoms with Crippen molar-refractivity contribution in [3.05, 3.63) is 0 Å². The molecule has 0 fully saturated rings. The van der Waals surface area contributed by atoms with Crippen molar-refractivity contribution in [2.24, 2.45) is 23.2 Å². The summed E-state index contributed by atoms with van der Waals surface area (Å²) in [6, 6.07) is 0.